The van der Waals surface area contributed by atoms with Crippen LogP contribution in [-0.4, -0.2) is 22.2 Å². The summed E-state index contributed by atoms with van der Waals surface area (Å²) in [4.78, 5) is 12.1. The Balaban J connectivity index is 2.39. The third kappa shape index (κ3) is 1.76. The monoisotopic (exact) mass is 268 g/mol. The molecule has 4 heteroatoms. The van der Waals surface area contributed by atoms with Crippen molar-refractivity contribution in [1.82, 2.24) is 9.61 Å². The lowest BCUT2D eigenvalue weighted by atomic mass is 10.1. The summed E-state index contributed by atoms with van der Waals surface area (Å²) in [7, 11) is 0. The molecule has 0 atom stereocenters. The Hall–Kier alpha value is -2.36. The van der Waals surface area contributed by atoms with Crippen LogP contribution in [0.1, 0.15) is 28.5 Å². The smallest absolute Gasteiger partial charge is 0.342 e. The first-order valence-corrected chi connectivity index (χ1v) is 6.68. The molecule has 0 aliphatic heterocycles. The van der Waals surface area contributed by atoms with Gasteiger partial charge in [-0.3, -0.25) is 0 Å². The number of pyridine rings is 1. The number of rotatable bonds is 2. The highest BCUT2D eigenvalue weighted by Gasteiger charge is 2.19. The molecule has 0 N–H and O–H groups in total. The summed E-state index contributed by atoms with van der Waals surface area (Å²) in [5, 5.41) is 5.64. The van der Waals surface area contributed by atoms with Crippen LogP contribution >= 0.6 is 0 Å². The molecule has 2 heterocycles. The molecule has 0 aliphatic carbocycles. The molecule has 3 aromatic rings. The number of carbonyl (C=O) groups excluding carboxylic acids is 1. The van der Waals surface area contributed by atoms with Gasteiger partial charge in [-0.25, -0.2) is 9.31 Å². The minimum Gasteiger partial charge on any atom is -0.462 e. The number of esters is 1. The average Bonchev–Trinajstić information content (AvgIpc) is 2.76. The first-order chi connectivity index (χ1) is 9.63. The van der Waals surface area contributed by atoms with Crippen molar-refractivity contribution in [2.24, 2.45) is 0 Å². The number of fused-ring (bicyclic) bond motifs is 3. The Labute approximate surface area is 117 Å². The van der Waals surface area contributed by atoms with Crippen molar-refractivity contribution >= 4 is 22.4 Å². The molecule has 0 radical (unpaired) electrons. The topological polar surface area (TPSA) is 43.6 Å². The van der Waals surface area contributed by atoms with Crippen LogP contribution in [0.25, 0.3) is 16.4 Å². The number of carbonyl (C=O) groups is 1. The van der Waals surface area contributed by atoms with Gasteiger partial charge in [-0.1, -0.05) is 18.2 Å². The number of hydrogen-bond acceptors (Lipinski definition) is 3. The minimum atomic E-state index is -0.310. The zero-order valence-corrected chi connectivity index (χ0v) is 11.8. The molecule has 3 rings (SSSR count). The summed E-state index contributed by atoms with van der Waals surface area (Å²) in [6.07, 6.45) is 0. The van der Waals surface area contributed by atoms with Crippen LogP contribution in [0.2, 0.25) is 0 Å². The van der Waals surface area contributed by atoms with Crippen molar-refractivity contribution in [3.63, 3.8) is 0 Å². The Bertz CT molecular complexity index is 818. The van der Waals surface area contributed by atoms with E-state index >= 15 is 0 Å². The van der Waals surface area contributed by atoms with Gasteiger partial charge in [-0.05, 0) is 38.5 Å². The van der Waals surface area contributed by atoms with E-state index in [0.29, 0.717) is 17.9 Å². The third-order valence-electron chi connectivity index (χ3n) is 3.49. The highest BCUT2D eigenvalue weighted by atomic mass is 16.5. The largest absolute Gasteiger partial charge is 0.462 e. The zero-order chi connectivity index (χ0) is 14.3. The van der Waals surface area contributed by atoms with Gasteiger partial charge in [0.05, 0.1) is 23.3 Å². The molecular weight excluding hydrogens is 252 g/mol. The number of para-hydroxylation sites is 1. The van der Waals surface area contributed by atoms with Crippen molar-refractivity contribution in [3.8, 4) is 0 Å². The highest BCUT2D eigenvalue weighted by Crippen LogP contribution is 2.25. The van der Waals surface area contributed by atoms with Crippen LogP contribution < -0.4 is 0 Å². The van der Waals surface area contributed by atoms with Gasteiger partial charge in [0.15, 0.2) is 0 Å². The molecule has 20 heavy (non-hydrogen) atoms. The van der Waals surface area contributed by atoms with Gasteiger partial charge in [0, 0.05) is 5.39 Å². The first-order valence-electron chi connectivity index (χ1n) is 6.68. The number of benzene rings is 1. The van der Waals surface area contributed by atoms with Crippen molar-refractivity contribution < 1.29 is 9.53 Å². The van der Waals surface area contributed by atoms with Crippen LogP contribution in [-0.2, 0) is 4.74 Å². The fourth-order valence-electron chi connectivity index (χ4n) is 2.59. The predicted octanol–water partition coefficient (Wildman–Crippen LogP) is 3.28. The number of hydrogen-bond donors (Lipinski definition) is 0. The summed E-state index contributed by atoms with van der Waals surface area (Å²) < 4.78 is 6.96. The maximum absolute atomic E-state index is 12.1. The SMILES string of the molecule is CCOC(=O)c1c(C)nn2c1cc(C)c1ccccc12. The standard InChI is InChI=1S/C16H16N2O2/c1-4-20-16(19)15-11(3)17-18-13-8-6-5-7-12(13)10(2)9-14(15)18/h5-9H,4H2,1-3H3. The van der Waals surface area contributed by atoms with Gasteiger partial charge in [-0.2, -0.15) is 5.10 Å². The van der Waals surface area contributed by atoms with E-state index in [4.69, 9.17) is 4.74 Å². The van der Waals surface area contributed by atoms with E-state index in [-0.39, 0.29) is 5.97 Å². The molecule has 0 bridgehead atoms. The lowest BCUT2D eigenvalue weighted by molar-refractivity contribution is 0.0528. The molecule has 0 fully saturated rings. The second-order valence-electron chi connectivity index (χ2n) is 4.82. The summed E-state index contributed by atoms with van der Waals surface area (Å²) in [6.45, 7) is 6.05. The van der Waals surface area contributed by atoms with Gasteiger partial charge in [0.1, 0.15) is 5.56 Å². The van der Waals surface area contributed by atoms with Crippen LogP contribution in [0, 0.1) is 13.8 Å². The van der Waals surface area contributed by atoms with E-state index in [1.165, 1.54) is 0 Å². The van der Waals surface area contributed by atoms with Gasteiger partial charge >= 0.3 is 5.97 Å². The second-order valence-corrected chi connectivity index (χ2v) is 4.82. The maximum atomic E-state index is 12.1. The van der Waals surface area contributed by atoms with Crippen molar-refractivity contribution in [1.29, 1.82) is 0 Å². The Morgan fingerprint density at radius 2 is 2.00 bits per heavy atom. The molecule has 0 spiro atoms. The number of aromatic nitrogens is 2. The van der Waals surface area contributed by atoms with E-state index in [9.17, 15) is 4.79 Å². The van der Waals surface area contributed by atoms with E-state index in [2.05, 4.69) is 11.2 Å². The molecule has 2 aromatic heterocycles. The Morgan fingerprint density at radius 3 is 2.75 bits per heavy atom. The Kier molecular flexibility index (Phi) is 2.93. The molecule has 0 saturated carbocycles. The lowest BCUT2D eigenvalue weighted by Gasteiger charge is -2.06. The van der Waals surface area contributed by atoms with Crippen molar-refractivity contribution in [2.75, 3.05) is 6.61 Å². The third-order valence-corrected chi connectivity index (χ3v) is 3.49. The second kappa shape index (κ2) is 4.63. The highest BCUT2D eigenvalue weighted by molar-refractivity contribution is 6.00. The quantitative estimate of drug-likeness (QED) is 0.670. The minimum absolute atomic E-state index is 0.310. The van der Waals surface area contributed by atoms with E-state index in [1.807, 2.05) is 42.6 Å². The number of aryl methyl sites for hydroxylation is 2. The number of nitrogens with zero attached hydrogens (tertiary/aromatic N) is 2. The molecule has 0 amide bonds. The molecule has 102 valence electrons. The van der Waals surface area contributed by atoms with E-state index < -0.39 is 0 Å². The summed E-state index contributed by atoms with van der Waals surface area (Å²) in [5.41, 5.74) is 4.18. The van der Waals surface area contributed by atoms with Gasteiger partial charge in [0.2, 0.25) is 0 Å². The molecule has 1 aromatic carbocycles. The molecule has 0 aliphatic rings. The van der Waals surface area contributed by atoms with Crippen LogP contribution in [0.3, 0.4) is 0 Å². The van der Waals surface area contributed by atoms with Gasteiger partial charge < -0.3 is 4.74 Å². The van der Waals surface area contributed by atoms with E-state index in [0.717, 1.165) is 22.0 Å². The first kappa shape index (κ1) is 12.7. The zero-order valence-electron chi connectivity index (χ0n) is 11.8. The average molecular weight is 268 g/mol. The molecule has 4 nitrogen and oxygen atoms in total. The fraction of sp³-hybridized carbons (Fsp3) is 0.250. The summed E-state index contributed by atoms with van der Waals surface area (Å²) in [6, 6.07) is 10.0. The predicted molar refractivity (Wildman–Crippen MR) is 78.1 cm³/mol. The van der Waals surface area contributed by atoms with Crippen LogP contribution in [0.5, 0.6) is 0 Å². The number of ether oxygens (including phenoxy) is 1. The molecule has 0 unspecified atom stereocenters. The Morgan fingerprint density at radius 1 is 1.25 bits per heavy atom. The van der Waals surface area contributed by atoms with Crippen molar-refractivity contribution in [2.45, 2.75) is 20.8 Å². The molecular formula is C16H16N2O2. The summed E-state index contributed by atoms with van der Waals surface area (Å²) in [5.74, 6) is -0.310. The van der Waals surface area contributed by atoms with E-state index in [1.54, 1.807) is 6.92 Å². The molecule has 0 saturated heterocycles. The summed E-state index contributed by atoms with van der Waals surface area (Å²) >= 11 is 0. The normalized spacial score (nSPS) is 11.2. The van der Waals surface area contributed by atoms with Crippen LogP contribution in [0.4, 0.5) is 0 Å². The maximum Gasteiger partial charge on any atom is 0.342 e. The fourth-order valence-corrected chi connectivity index (χ4v) is 2.59. The van der Waals surface area contributed by atoms with Gasteiger partial charge in [-0.15, -0.1) is 0 Å². The van der Waals surface area contributed by atoms with Gasteiger partial charge in [0.25, 0.3) is 0 Å². The van der Waals surface area contributed by atoms with Crippen LogP contribution in [0.15, 0.2) is 30.3 Å². The van der Waals surface area contributed by atoms with Crippen molar-refractivity contribution in [3.05, 3.63) is 47.2 Å². The lowest BCUT2D eigenvalue weighted by Crippen LogP contribution is -2.05.